The number of carbonyl (C=O) groups excluding carboxylic acids is 1. The van der Waals surface area contributed by atoms with E-state index in [1.807, 2.05) is 11.4 Å². The lowest BCUT2D eigenvalue weighted by Crippen LogP contribution is -2.01. The van der Waals surface area contributed by atoms with Crippen molar-refractivity contribution in [3.05, 3.63) is 29.1 Å². The number of ether oxygens (including phenoxy) is 2. The zero-order valence-corrected chi connectivity index (χ0v) is 9.26. The quantitative estimate of drug-likeness (QED) is 0.733. The maximum atomic E-state index is 11.4. The fourth-order valence-corrected chi connectivity index (χ4v) is 2.31. The average molecular weight is 222 g/mol. The van der Waals surface area contributed by atoms with Crippen LogP contribution < -0.4 is 4.74 Å². The summed E-state index contributed by atoms with van der Waals surface area (Å²) in [4.78, 5) is 11.4. The van der Waals surface area contributed by atoms with Crippen molar-refractivity contribution in [2.24, 2.45) is 0 Å². The minimum absolute atomic E-state index is 0.346. The van der Waals surface area contributed by atoms with Crippen molar-refractivity contribution >= 4 is 27.4 Å². The van der Waals surface area contributed by atoms with E-state index in [9.17, 15) is 4.79 Å². The molecule has 2 aromatic rings. The number of hydrogen-bond acceptors (Lipinski definition) is 4. The molecule has 0 saturated heterocycles. The van der Waals surface area contributed by atoms with E-state index in [-0.39, 0.29) is 5.97 Å². The molecule has 1 aromatic heterocycles. The summed E-state index contributed by atoms with van der Waals surface area (Å²) >= 11 is 1.59. The Morgan fingerprint density at radius 3 is 2.80 bits per heavy atom. The summed E-state index contributed by atoms with van der Waals surface area (Å²) in [6.45, 7) is 0. The van der Waals surface area contributed by atoms with Crippen LogP contribution >= 0.6 is 11.3 Å². The third-order valence-corrected chi connectivity index (χ3v) is 3.10. The summed E-state index contributed by atoms with van der Waals surface area (Å²) in [5.41, 5.74) is 0.514. The maximum absolute atomic E-state index is 11.4. The summed E-state index contributed by atoms with van der Waals surface area (Å²) in [5, 5.41) is 2.97. The zero-order valence-electron chi connectivity index (χ0n) is 8.44. The van der Waals surface area contributed by atoms with Crippen LogP contribution in [0.3, 0.4) is 0 Å². The molecule has 0 aliphatic carbocycles. The van der Waals surface area contributed by atoms with Gasteiger partial charge in [0.1, 0.15) is 5.75 Å². The Morgan fingerprint density at radius 1 is 1.33 bits per heavy atom. The summed E-state index contributed by atoms with van der Waals surface area (Å²) in [6, 6.07) is 5.46. The second-order valence-corrected chi connectivity index (χ2v) is 3.93. The molecule has 0 atom stereocenters. The molecule has 0 N–H and O–H groups in total. The fraction of sp³-hybridized carbons (Fsp3) is 0.182. The lowest BCUT2D eigenvalue weighted by Gasteiger charge is -2.04. The van der Waals surface area contributed by atoms with E-state index in [1.54, 1.807) is 30.6 Å². The smallest absolute Gasteiger partial charge is 0.338 e. The third-order valence-electron chi connectivity index (χ3n) is 2.16. The first kappa shape index (κ1) is 9.98. The van der Waals surface area contributed by atoms with Gasteiger partial charge in [0, 0.05) is 0 Å². The van der Waals surface area contributed by atoms with Gasteiger partial charge in [0.15, 0.2) is 0 Å². The fourth-order valence-electron chi connectivity index (χ4n) is 1.44. The largest absolute Gasteiger partial charge is 0.495 e. The van der Waals surface area contributed by atoms with Crippen LogP contribution in [0.25, 0.3) is 10.1 Å². The van der Waals surface area contributed by atoms with Gasteiger partial charge in [0.05, 0.1) is 24.5 Å². The van der Waals surface area contributed by atoms with E-state index in [0.717, 1.165) is 10.1 Å². The minimum atomic E-state index is -0.346. The molecule has 0 aliphatic rings. The van der Waals surface area contributed by atoms with E-state index in [1.165, 1.54) is 7.11 Å². The van der Waals surface area contributed by atoms with Crippen LogP contribution in [0.1, 0.15) is 10.4 Å². The lowest BCUT2D eigenvalue weighted by atomic mass is 10.1. The van der Waals surface area contributed by atoms with Crippen molar-refractivity contribution in [1.82, 2.24) is 0 Å². The molecule has 0 fully saturated rings. The minimum Gasteiger partial charge on any atom is -0.495 e. The second-order valence-electron chi connectivity index (χ2n) is 3.01. The molecule has 0 spiro atoms. The molecule has 0 saturated carbocycles. The molecule has 1 aromatic carbocycles. The number of methoxy groups -OCH3 is 2. The highest BCUT2D eigenvalue weighted by molar-refractivity contribution is 7.17. The number of benzene rings is 1. The topological polar surface area (TPSA) is 35.5 Å². The number of fused-ring (bicyclic) bond motifs is 1. The number of thiophene rings is 1. The van der Waals surface area contributed by atoms with Crippen LogP contribution in [0.4, 0.5) is 0 Å². The molecule has 0 bridgehead atoms. The van der Waals surface area contributed by atoms with E-state index in [2.05, 4.69) is 4.74 Å². The molecular weight excluding hydrogens is 212 g/mol. The van der Waals surface area contributed by atoms with Gasteiger partial charge in [-0.05, 0) is 29.0 Å². The molecule has 0 radical (unpaired) electrons. The molecule has 78 valence electrons. The molecule has 15 heavy (non-hydrogen) atoms. The van der Waals surface area contributed by atoms with E-state index < -0.39 is 0 Å². The molecule has 4 heteroatoms. The molecule has 0 amide bonds. The predicted octanol–water partition coefficient (Wildman–Crippen LogP) is 2.70. The van der Waals surface area contributed by atoms with Crippen molar-refractivity contribution in [3.8, 4) is 5.75 Å². The van der Waals surface area contributed by atoms with E-state index in [0.29, 0.717) is 11.3 Å². The van der Waals surface area contributed by atoms with Gasteiger partial charge in [-0.1, -0.05) is 0 Å². The molecule has 2 rings (SSSR count). The first-order valence-electron chi connectivity index (χ1n) is 4.40. The van der Waals surface area contributed by atoms with Gasteiger partial charge in [-0.15, -0.1) is 11.3 Å². The van der Waals surface area contributed by atoms with Crippen molar-refractivity contribution in [1.29, 1.82) is 0 Å². The number of carbonyl (C=O) groups is 1. The summed E-state index contributed by atoms with van der Waals surface area (Å²) in [6.07, 6.45) is 0. The van der Waals surface area contributed by atoms with Crippen LogP contribution in [0.5, 0.6) is 5.75 Å². The Kier molecular flexibility index (Phi) is 2.60. The van der Waals surface area contributed by atoms with Crippen LogP contribution in [0, 0.1) is 0 Å². The Labute approximate surface area is 91.2 Å². The van der Waals surface area contributed by atoms with Gasteiger partial charge in [-0.2, -0.15) is 0 Å². The Balaban J connectivity index is 2.63. The highest BCUT2D eigenvalue weighted by Crippen LogP contribution is 2.32. The van der Waals surface area contributed by atoms with Crippen LogP contribution in [0.15, 0.2) is 23.6 Å². The normalized spacial score (nSPS) is 10.3. The standard InChI is InChI=1S/C11H10O3S/c1-13-9-6-8(11(12)14-2)5-7-3-4-15-10(7)9/h3-6H,1-2H3. The van der Waals surface area contributed by atoms with Crippen molar-refractivity contribution in [2.45, 2.75) is 0 Å². The van der Waals surface area contributed by atoms with Crippen molar-refractivity contribution in [3.63, 3.8) is 0 Å². The van der Waals surface area contributed by atoms with Gasteiger partial charge < -0.3 is 9.47 Å². The highest BCUT2D eigenvalue weighted by atomic mass is 32.1. The summed E-state index contributed by atoms with van der Waals surface area (Å²) in [7, 11) is 2.96. The molecule has 1 heterocycles. The van der Waals surface area contributed by atoms with Gasteiger partial charge in [-0.25, -0.2) is 4.79 Å². The van der Waals surface area contributed by atoms with Crippen molar-refractivity contribution in [2.75, 3.05) is 14.2 Å². The Bertz CT molecular complexity index is 502. The first-order valence-corrected chi connectivity index (χ1v) is 5.28. The van der Waals surface area contributed by atoms with Crippen LogP contribution in [0.2, 0.25) is 0 Å². The summed E-state index contributed by atoms with van der Waals surface area (Å²) in [5.74, 6) is 0.365. The van der Waals surface area contributed by atoms with E-state index in [4.69, 9.17) is 4.74 Å². The highest BCUT2D eigenvalue weighted by Gasteiger charge is 2.11. The monoisotopic (exact) mass is 222 g/mol. The number of esters is 1. The Morgan fingerprint density at radius 2 is 2.13 bits per heavy atom. The molecule has 0 aliphatic heterocycles. The predicted molar refractivity (Wildman–Crippen MR) is 59.7 cm³/mol. The van der Waals surface area contributed by atoms with Gasteiger partial charge in [0.25, 0.3) is 0 Å². The average Bonchev–Trinajstić information content (AvgIpc) is 2.74. The third kappa shape index (κ3) is 1.68. The Hall–Kier alpha value is -1.55. The zero-order chi connectivity index (χ0) is 10.8. The molecule has 0 unspecified atom stereocenters. The second kappa shape index (κ2) is 3.90. The number of rotatable bonds is 2. The summed E-state index contributed by atoms with van der Waals surface area (Å²) < 4.78 is 10.9. The van der Waals surface area contributed by atoms with Gasteiger partial charge in [0.2, 0.25) is 0 Å². The molecule has 3 nitrogen and oxygen atoms in total. The molecular formula is C11H10O3S. The van der Waals surface area contributed by atoms with Crippen LogP contribution in [-0.4, -0.2) is 20.2 Å². The maximum Gasteiger partial charge on any atom is 0.338 e. The first-order chi connectivity index (χ1) is 7.26. The van der Waals surface area contributed by atoms with Gasteiger partial charge in [-0.3, -0.25) is 0 Å². The van der Waals surface area contributed by atoms with E-state index >= 15 is 0 Å². The SMILES string of the molecule is COC(=O)c1cc(OC)c2sccc2c1. The van der Waals surface area contributed by atoms with Crippen molar-refractivity contribution < 1.29 is 14.3 Å². The van der Waals surface area contributed by atoms with Crippen LogP contribution in [-0.2, 0) is 4.74 Å². The lowest BCUT2D eigenvalue weighted by molar-refractivity contribution is 0.0600. The number of hydrogen-bond donors (Lipinski definition) is 0. The van der Waals surface area contributed by atoms with Gasteiger partial charge >= 0.3 is 5.97 Å².